The summed E-state index contributed by atoms with van der Waals surface area (Å²) in [6, 6.07) is 4.14. The molecule has 0 spiro atoms. The van der Waals surface area contributed by atoms with Crippen molar-refractivity contribution in [3.63, 3.8) is 0 Å². The largest absolute Gasteiger partial charge is 0.252 e. The molecule has 0 radical (unpaired) electrons. The average Bonchev–Trinajstić information content (AvgIpc) is 2.34. The highest BCUT2D eigenvalue weighted by Crippen LogP contribution is 2.37. The van der Waals surface area contributed by atoms with Gasteiger partial charge in [0.05, 0.1) is 10.5 Å². The Balaban J connectivity index is 2.44. The van der Waals surface area contributed by atoms with Gasteiger partial charge in [0, 0.05) is 15.6 Å². The van der Waals surface area contributed by atoms with E-state index in [1.807, 2.05) is 0 Å². The first-order valence-electron chi connectivity index (χ1n) is 5.94. The van der Waals surface area contributed by atoms with Crippen LogP contribution in [0.15, 0.2) is 16.6 Å². The number of hydrogen-bond donors (Lipinski definition) is 0. The number of rotatable bonds is 0. The van der Waals surface area contributed by atoms with Crippen LogP contribution in [0.3, 0.4) is 0 Å². The molecule has 2 aromatic rings. The Morgan fingerprint density at radius 2 is 2.00 bits per heavy atom. The minimum atomic E-state index is 0.903. The standard InChI is InChI=1S/C14H13BrClN/c1-8-6-7-10(15)12-13(16)9-4-2-3-5-11(9)17-14(8)12/h6-7H,2-5H2,1H3. The molecular formula is C14H13BrClN. The molecule has 3 rings (SSSR count). The first-order valence-corrected chi connectivity index (χ1v) is 7.11. The number of fused-ring (bicyclic) bond motifs is 2. The Kier molecular flexibility index (Phi) is 2.87. The molecule has 17 heavy (non-hydrogen) atoms. The van der Waals surface area contributed by atoms with Gasteiger partial charge in [0.2, 0.25) is 0 Å². The van der Waals surface area contributed by atoms with E-state index in [1.54, 1.807) is 0 Å². The molecule has 1 heterocycles. The highest BCUT2D eigenvalue weighted by Gasteiger charge is 2.18. The van der Waals surface area contributed by atoms with Crippen molar-refractivity contribution in [3.8, 4) is 0 Å². The minimum Gasteiger partial charge on any atom is -0.252 e. The van der Waals surface area contributed by atoms with Gasteiger partial charge in [-0.05, 0) is 49.8 Å². The smallest absolute Gasteiger partial charge is 0.0761 e. The molecule has 0 aliphatic heterocycles. The molecule has 1 nitrogen and oxygen atoms in total. The molecule has 1 aliphatic carbocycles. The molecule has 0 bridgehead atoms. The van der Waals surface area contributed by atoms with Crippen LogP contribution in [0.1, 0.15) is 29.7 Å². The van der Waals surface area contributed by atoms with Crippen molar-refractivity contribution in [1.82, 2.24) is 4.98 Å². The van der Waals surface area contributed by atoms with E-state index in [0.29, 0.717) is 0 Å². The zero-order valence-corrected chi connectivity index (χ0v) is 12.0. The lowest BCUT2D eigenvalue weighted by molar-refractivity contribution is 0.671. The highest BCUT2D eigenvalue weighted by atomic mass is 79.9. The second kappa shape index (κ2) is 4.25. The SMILES string of the molecule is Cc1ccc(Br)c2c(Cl)c3c(nc12)CCCC3. The van der Waals surface area contributed by atoms with E-state index < -0.39 is 0 Å². The summed E-state index contributed by atoms with van der Waals surface area (Å²) in [5, 5.41) is 1.98. The van der Waals surface area contributed by atoms with Gasteiger partial charge in [-0.3, -0.25) is 4.98 Å². The van der Waals surface area contributed by atoms with Crippen LogP contribution < -0.4 is 0 Å². The summed E-state index contributed by atoms with van der Waals surface area (Å²) >= 11 is 10.2. The predicted molar refractivity (Wildman–Crippen MR) is 75.8 cm³/mol. The molecule has 1 aromatic carbocycles. The summed E-state index contributed by atoms with van der Waals surface area (Å²) < 4.78 is 1.05. The van der Waals surface area contributed by atoms with Crippen molar-refractivity contribution >= 4 is 38.4 Å². The van der Waals surface area contributed by atoms with Crippen molar-refractivity contribution in [2.45, 2.75) is 32.6 Å². The second-order valence-electron chi connectivity index (χ2n) is 4.65. The van der Waals surface area contributed by atoms with E-state index in [-0.39, 0.29) is 0 Å². The van der Waals surface area contributed by atoms with Gasteiger partial charge in [-0.1, -0.05) is 33.6 Å². The number of aryl methyl sites for hydroxylation is 2. The van der Waals surface area contributed by atoms with Crippen molar-refractivity contribution in [3.05, 3.63) is 38.4 Å². The number of benzene rings is 1. The first kappa shape index (κ1) is 11.5. The van der Waals surface area contributed by atoms with E-state index in [2.05, 4.69) is 35.0 Å². The van der Waals surface area contributed by atoms with E-state index in [9.17, 15) is 0 Å². The zero-order chi connectivity index (χ0) is 12.0. The Hall–Kier alpha value is -0.600. The molecule has 0 N–H and O–H groups in total. The molecule has 0 saturated heterocycles. The Labute approximate surface area is 114 Å². The minimum absolute atomic E-state index is 0.903. The van der Waals surface area contributed by atoms with Crippen molar-refractivity contribution < 1.29 is 0 Å². The van der Waals surface area contributed by atoms with Crippen LogP contribution in [0.2, 0.25) is 5.02 Å². The fourth-order valence-electron chi connectivity index (χ4n) is 2.56. The van der Waals surface area contributed by atoms with E-state index in [1.165, 1.54) is 29.7 Å². The first-order chi connectivity index (χ1) is 8.18. The van der Waals surface area contributed by atoms with Crippen LogP contribution in [0.4, 0.5) is 0 Å². The average molecular weight is 311 g/mol. The van der Waals surface area contributed by atoms with Gasteiger partial charge in [-0.25, -0.2) is 0 Å². The lowest BCUT2D eigenvalue weighted by atomic mass is 9.94. The van der Waals surface area contributed by atoms with E-state index >= 15 is 0 Å². The van der Waals surface area contributed by atoms with E-state index in [4.69, 9.17) is 16.6 Å². The van der Waals surface area contributed by atoms with Crippen molar-refractivity contribution in [2.75, 3.05) is 0 Å². The number of aromatic nitrogens is 1. The highest BCUT2D eigenvalue weighted by molar-refractivity contribution is 9.10. The normalized spacial score (nSPS) is 15.0. The maximum atomic E-state index is 6.57. The number of halogens is 2. The molecule has 0 unspecified atom stereocenters. The lowest BCUT2D eigenvalue weighted by Gasteiger charge is -2.19. The van der Waals surface area contributed by atoms with Crippen molar-refractivity contribution in [2.24, 2.45) is 0 Å². The Morgan fingerprint density at radius 3 is 2.82 bits per heavy atom. The monoisotopic (exact) mass is 309 g/mol. The summed E-state index contributed by atoms with van der Waals surface area (Å²) in [5.41, 5.74) is 4.70. The topological polar surface area (TPSA) is 12.9 Å². The molecule has 1 aromatic heterocycles. The Morgan fingerprint density at radius 1 is 1.24 bits per heavy atom. The fraction of sp³-hybridized carbons (Fsp3) is 0.357. The maximum Gasteiger partial charge on any atom is 0.0761 e. The molecule has 0 saturated carbocycles. The summed E-state index contributed by atoms with van der Waals surface area (Å²) in [4.78, 5) is 4.82. The van der Waals surface area contributed by atoms with Crippen LogP contribution in [-0.2, 0) is 12.8 Å². The number of hydrogen-bond acceptors (Lipinski definition) is 1. The third kappa shape index (κ3) is 1.78. The van der Waals surface area contributed by atoms with Crippen LogP contribution >= 0.6 is 27.5 Å². The van der Waals surface area contributed by atoms with E-state index in [0.717, 1.165) is 33.2 Å². The van der Waals surface area contributed by atoms with Gasteiger partial charge >= 0.3 is 0 Å². The lowest BCUT2D eigenvalue weighted by Crippen LogP contribution is -2.07. The summed E-state index contributed by atoms with van der Waals surface area (Å²) in [6.07, 6.45) is 4.59. The summed E-state index contributed by atoms with van der Waals surface area (Å²) in [5.74, 6) is 0. The molecule has 0 atom stereocenters. The summed E-state index contributed by atoms with van der Waals surface area (Å²) in [6.45, 7) is 2.09. The molecule has 3 heteroatoms. The van der Waals surface area contributed by atoms with Crippen LogP contribution in [0.5, 0.6) is 0 Å². The van der Waals surface area contributed by atoms with Gasteiger partial charge < -0.3 is 0 Å². The maximum absolute atomic E-state index is 6.57. The zero-order valence-electron chi connectivity index (χ0n) is 9.69. The van der Waals surface area contributed by atoms with Gasteiger partial charge in [0.15, 0.2) is 0 Å². The Bertz CT molecular complexity index is 607. The van der Waals surface area contributed by atoms with Gasteiger partial charge in [-0.15, -0.1) is 0 Å². The number of nitrogens with zero attached hydrogens (tertiary/aromatic N) is 1. The summed E-state index contributed by atoms with van der Waals surface area (Å²) in [7, 11) is 0. The fourth-order valence-corrected chi connectivity index (χ4v) is 3.59. The van der Waals surface area contributed by atoms with Crippen LogP contribution in [0, 0.1) is 6.92 Å². The van der Waals surface area contributed by atoms with Crippen LogP contribution in [0.25, 0.3) is 10.9 Å². The third-order valence-corrected chi connectivity index (χ3v) is 4.58. The molecular weight excluding hydrogens is 298 g/mol. The predicted octanol–water partition coefficient (Wildman–Crippen LogP) is 4.84. The molecule has 0 amide bonds. The number of pyridine rings is 1. The van der Waals surface area contributed by atoms with Crippen LogP contribution in [-0.4, -0.2) is 4.98 Å². The third-order valence-electron chi connectivity index (χ3n) is 3.50. The quantitative estimate of drug-likeness (QED) is 0.678. The van der Waals surface area contributed by atoms with Gasteiger partial charge in [0.1, 0.15) is 0 Å². The molecule has 88 valence electrons. The molecule has 1 aliphatic rings. The van der Waals surface area contributed by atoms with Gasteiger partial charge in [-0.2, -0.15) is 0 Å². The molecule has 0 fully saturated rings. The second-order valence-corrected chi connectivity index (χ2v) is 5.88. The van der Waals surface area contributed by atoms with Crippen molar-refractivity contribution in [1.29, 1.82) is 0 Å². The van der Waals surface area contributed by atoms with Gasteiger partial charge in [0.25, 0.3) is 0 Å².